The minimum absolute atomic E-state index is 0.0164. The van der Waals surface area contributed by atoms with Gasteiger partial charge in [-0.2, -0.15) is 0 Å². The van der Waals surface area contributed by atoms with E-state index in [4.69, 9.17) is 11.6 Å². The van der Waals surface area contributed by atoms with E-state index in [1.54, 1.807) is 7.05 Å². The molecule has 0 aliphatic carbocycles. The summed E-state index contributed by atoms with van der Waals surface area (Å²) in [4.78, 5) is 12.9. The Balaban J connectivity index is 3.65. The molecule has 0 saturated carbocycles. The summed E-state index contributed by atoms with van der Waals surface area (Å²) in [6.07, 6.45) is -2.38. The van der Waals surface area contributed by atoms with Crippen molar-refractivity contribution >= 4 is 17.5 Å². The van der Waals surface area contributed by atoms with Gasteiger partial charge in [0.2, 0.25) is 5.91 Å². The Kier molecular flexibility index (Phi) is 7.60. The van der Waals surface area contributed by atoms with Crippen molar-refractivity contribution in [1.29, 1.82) is 0 Å². The zero-order valence-corrected chi connectivity index (χ0v) is 9.64. The molecule has 1 amide bonds. The summed E-state index contributed by atoms with van der Waals surface area (Å²) in [5.41, 5.74) is 0. The van der Waals surface area contributed by atoms with Gasteiger partial charge in [-0.3, -0.25) is 4.79 Å². The molecule has 0 fully saturated rings. The lowest BCUT2D eigenvalue weighted by Gasteiger charge is -2.22. The molecule has 1 atom stereocenters. The molecule has 0 aromatic rings. The average molecular weight is 244 g/mol. The van der Waals surface area contributed by atoms with Gasteiger partial charge in [0.05, 0.1) is 13.0 Å². The molecule has 0 aromatic heterocycles. The lowest BCUT2D eigenvalue weighted by Crippen LogP contribution is -2.36. The molecule has 1 unspecified atom stereocenters. The van der Waals surface area contributed by atoms with E-state index in [-0.39, 0.29) is 25.0 Å². The maximum Gasteiger partial charge on any atom is 0.261 e. The van der Waals surface area contributed by atoms with Crippen molar-refractivity contribution in [2.45, 2.75) is 25.8 Å². The minimum Gasteiger partial charge on any atom is -0.375 e. The Morgan fingerprint density at radius 1 is 1.53 bits per heavy atom. The van der Waals surface area contributed by atoms with Crippen LogP contribution in [-0.4, -0.2) is 49.4 Å². The first-order valence-electron chi connectivity index (χ1n) is 4.66. The molecular weight excluding hydrogens is 228 g/mol. The van der Waals surface area contributed by atoms with Gasteiger partial charge in [0, 0.05) is 19.0 Å². The Hall–Kier alpha value is -0.420. The highest BCUT2D eigenvalue weighted by Crippen LogP contribution is 2.01. The Morgan fingerprint density at radius 2 is 2.13 bits per heavy atom. The molecule has 0 N–H and O–H groups in total. The van der Waals surface area contributed by atoms with Crippen molar-refractivity contribution in [3.63, 3.8) is 0 Å². The van der Waals surface area contributed by atoms with Gasteiger partial charge in [-0.05, 0) is 6.92 Å². The Bertz CT molecular complexity index is 193. The summed E-state index contributed by atoms with van der Waals surface area (Å²) >= 11 is 5.57. The van der Waals surface area contributed by atoms with Crippen molar-refractivity contribution in [3.05, 3.63) is 0 Å². The van der Waals surface area contributed by atoms with E-state index in [2.05, 4.69) is 4.74 Å². The molecule has 0 aliphatic heterocycles. The van der Waals surface area contributed by atoms with Crippen LogP contribution in [0.3, 0.4) is 0 Å². The highest BCUT2D eigenvalue weighted by atomic mass is 35.5. The molecule has 0 bridgehead atoms. The molecule has 0 aromatic carbocycles. The van der Waals surface area contributed by atoms with Crippen molar-refractivity contribution < 1.29 is 18.3 Å². The highest BCUT2D eigenvalue weighted by molar-refractivity contribution is 6.18. The molecular formula is C9H16ClF2NO2. The molecule has 0 radical (unpaired) electrons. The number of halogens is 3. The molecule has 0 heterocycles. The minimum atomic E-state index is -2.49. The number of alkyl halides is 3. The van der Waals surface area contributed by atoms with Crippen molar-refractivity contribution in [2.75, 3.05) is 26.1 Å². The van der Waals surface area contributed by atoms with Gasteiger partial charge in [0.1, 0.15) is 6.61 Å². The molecule has 0 rings (SSSR count). The lowest BCUT2D eigenvalue weighted by atomic mass is 10.3. The van der Waals surface area contributed by atoms with Crippen LogP contribution >= 0.6 is 11.6 Å². The maximum atomic E-state index is 11.7. The highest BCUT2D eigenvalue weighted by Gasteiger charge is 2.14. The summed E-state index contributed by atoms with van der Waals surface area (Å²) in [7, 11) is 1.63. The number of rotatable bonds is 7. The summed E-state index contributed by atoms with van der Waals surface area (Å²) in [5.74, 6) is 0.192. The van der Waals surface area contributed by atoms with Crippen LogP contribution < -0.4 is 0 Å². The molecule has 6 heteroatoms. The predicted octanol–water partition coefficient (Wildman–Crippen LogP) is 1.74. The van der Waals surface area contributed by atoms with Gasteiger partial charge in [-0.15, -0.1) is 11.6 Å². The third-order valence-corrected chi connectivity index (χ3v) is 2.43. The van der Waals surface area contributed by atoms with Gasteiger partial charge in [0.25, 0.3) is 6.43 Å². The number of ether oxygens (including phenoxy) is 1. The SMILES string of the molecule is CC(CCl)N(C)C(=O)CCOCC(F)F. The van der Waals surface area contributed by atoms with Crippen LogP contribution in [0.25, 0.3) is 0 Å². The van der Waals surface area contributed by atoms with E-state index in [9.17, 15) is 13.6 Å². The topological polar surface area (TPSA) is 29.5 Å². The first-order valence-corrected chi connectivity index (χ1v) is 5.20. The molecule has 90 valence electrons. The fourth-order valence-corrected chi connectivity index (χ4v) is 1.06. The average Bonchev–Trinajstić information content (AvgIpc) is 2.21. The molecule has 15 heavy (non-hydrogen) atoms. The quantitative estimate of drug-likeness (QED) is 0.504. The zero-order chi connectivity index (χ0) is 11.8. The van der Waals surface area contributed by atoms with E-state index in [1.165, 1.54) is 4.90 Å². The Morgan fingerprint density at radius 3 is 2.60 bits per heavy atom. The molecule has 3 nitrogen and oxygen atoms in total. The van der Waals surface area contributed by atoms with Crippen LogP contribution in [0.1, 0.15) is 13.3 Å². The number of carbonyl (C=O) groups excluding carboxylic acids is 1. The van der Waals surface area contributed by atoms with Crippen LogP contribution in [0.2, 0.25) is 0 Å². The summed E-state index contributed by atoms with van der Waals surface area (Å²) in [6.45, 7) is 1.20. The normalized spacial score (nSPS) is 12.9. The number of hydrogen-bond acceptors (Lipinski definition) is 2. The van der Waals surface area contributed by atoms with Crippen LogP contribution in [-0.2, 0) is 9.53 Å². The second kappa shape index (κ2) is 7.82. The fraction of sp³-hybridized carbons (Fsp3) is 0.889. The predicted molar refractivity (Wildman–Crippen MR) is 54.4 cm³/mol. The van der Waals surface area contributed by atoms with Crippen LogP contribution in [0.4, 0.5) is 8.78 Å². The maximum absolute atomic E-state index is 11.7. The molecule has 0 saturated heterocycles. The first-order chi connectivity index (χ1) is 6.99. The van der Waals surface area contributed by atoms with Gasteiger partial charge in [-0.1, -0.05) is 0 Å². The van der Waals surface area contributed by atoms with Crippen LogP contribution in [0.15, 0.2) is 0 Å². The second-order valence-electron chi connectivity index (χ2n) is 3.22. The van der Waals surface area contributed by atoms with E-state index in [0.29, 0.717) is 5.88 Å². The van der Waals surface area contributed by atoms with Crippen molar-refractivity contribution in [2.24, 2.45) is 0 Å². The van der Waals surface area contributed by atoms with Crippen molar-refractivity contribution in [3.8, 4) is 0 Å². The number of amides is 1. The van der Waals surface area contributed by atoms with Gasteiger partial charge in [0.15, 0.2) is 0 Å². The summed E-state index contributed by atoms with van der Waals surface area (Å²) in [5, 5.41) is 0. The van der Waals surface area contributed by atoms with Crippen LogP contribution in [0.5, 0.6) is 0 Å². The van der Waals surface area contributed by atoms with E-state index in [1.807, 2.05) is 6.92 Å². The second-order valence-corrected chi connectivity index (χ2v) is 3.53. The zero-order valence-electron chi connectivity index (χ0n) is 8.88. The third kappa shape index (κ3) is 6.62. The smallest absolute Gasteiger partial charge is 0.261 e. The largest absolute Gasteiger partial charge is 0.375 e. The van der Waals surface area contributed by atoms with Gasteiger partial charge >= 0.3 is 0 Å². The van der Waals surface area contributed by atoms with E-state index >= 15 is 0 Å². The standard InChI is InChI=1S/C9H16ClF2NO2/c1-7(5-10)13(2)9(14)3-4-15-6-8(11)12/h7-8H,3-6H2,1-2H3. The first kappa shape index (κ1) is 14.6. The van der Waals surface area contributed by atoms with Crippen molar-refractivity contribution in [1.82, 2.24) is 4.90 Å². The van der Waals surface area contributed by atoms with E-state index in [0.717, 1.165) is 0 Å². The van der Waals surface area contributed by atoms with E-state index < -0.39 is 13.0 Å². The summed E-state index contributed by atoms with van der Waals surface area (Å²) in [6, 6.07) is -0.0609. The molecule has 0 aliphatic rings. The number of nitrogens with zero attached hydrogens (tertiary/aromatic N) is 1. The number of carbonyl (C=O) groups is 1. The summed E-state index contributed by atoms with van der Waals surface area (Å²) < 4.78 is 27.9. The molecule has 0 spiro atoms. The van der Waals surface area contributed by atoms with Crippen LogP contribution in [0, 0.1) is 0 Å². The van der Waals surface area contributed by atoms with Gasteiger partial charge in [-0.25, -0.2) is 8.78 Å². The Labute approximate surface area is 93.3 Å². The third-order valence-electron chi connectivity index (χ3n) is 1.98. The van der Waals surface area contributed by atoms with Gasteiger partial charge < -0.3 is 9.64 Å². The monoisotopic (exact) mass is 243 g/mol. The number of hydrogen-bond donors (Lipinski definition) is 0. The lowest BCUT2D eigenvalue weighted by molar-refractivity contribution is -0.132. The fourth-order valence-electron chi connectivity index (χ4n) is 0.858.